The lowest BCUT2D eigenvalue weighted by Gasteiger charge is -2.31. The highest BCUT2D eigenvalue weighted by atomic mass is 35.5. The van der Waals surface area contributed by atoms with Gasteiger partial charge in [-0.2, -0.15) is 13.2 Å². The average Bonchev–Trinajstić information content (AvgIpc) is 3.25. The first kappa shape index (κ1) is 23.6. The Bertz CT molecular complexity index is 1050. The fourth-order valence-electron chi connectivity index (χ4n) is 4.52. The normalized spacial score (nSPS) is 20.6. The van der Waals surface area contributed by atoms with Gasteiger partial charge in [-0.15, -0.1) is 0 Å². The van der Waals surface area contributed by atoms with Crippen LogP contribution in [0.4, 0.5) is 24.7 Å². The standard InChI is InChI=1S/C22H25ClF3N5O2/c1-33-16-3-2-13(8-16)20(32)31-5-4-18-17(11-31)19(30-21(23)29-18)28-10-12-6-14(22(24,25)26)9-15(27)7-12/h6-7,9,13,16H,2-5,8,10-11,27H2,1H3,(H,28,29,30). The number of benzene rings is 1. The molecule has 178 valence electrons. The zero-order valence-corrected chi connectivity index (χ0v) is 18.8. The van der Waals surface area contributed by atoms with Crippen LogP contribution in [0.1, 0.15) is 41.6 Å². The summed E-state index contributed by atoms with van der Waals surface area (Å²) in [6.07, 6.45) is -1.50. The van der Waals surface area contributed by atoms with E-state index in [0.717, 1.165) is 36.2 Å². The van der Waals surface area contributed by atoms with Gasteiger partial charge in [0, 0.05) is 43.8 Å². The second-order valence-electron chi connectivity index (χ2n) is 8.46. The first-order chi connectivity index (χ1) is 15.6. The van der Waals surface area contributed by atoms with Crippen LogP contribution in [0.15, 0.2) is 18.2 Å². The molecule has 1 amide bonds. The monoisotopic (exact) mass is 483 g/mol. The summed E-state index contributed by atoms with van der Waals surface area (Å²) in [4.78, 5) is 23.4. The lowest BCUT2D eigenvalue weighted by molar-refractivity contribution is -0.138. The summed E-state index contributed by atoms with van der Waals surface area (Å²) in [7, 11) is 1.66. The summed E-state index contributed by atoms with van der Waals surface area (Å²) in [5, 5.41) is 3.10. The highest BCUT2D eigenvalue weighted by Crippen LogP contribution is 2.33. The summed E-state index contributed by atoms with van der Waals surface area (Å²) >= 11 is 6.08. The van der Waals surface area contributed by atoms with Gasteiger partial charge in [0.1, 0.15) is 5.82 Å². The smallest absolute Gasteiger partial charge is 0.399 e. The number of nitrogens with two attached hydrogens (primary N) is 1. The van der Waals surface area contributed by atoms with E-state index >= 15 is 0 Å². The van der Waals surface area contributed by atoms with Crippen molar-refractivity contribution in [3.05, 3.63) is 45.9 Å². The van der Waals surface area contributed by atoms with Crippen LogP contribution in [0.5, 0.6) is 0 Å². The van der Waals surface area contributed by atoms with Gasteiger partial charge in [-0.25, -0.2) is 9.97 Å². The van der Waals surface area contributed by atoms with Gasteiger partial charge in [-0.3, -0.25) is 4.79 Å². The lowest BCUT2D eigenvalue weighted by atomic mass is 10.0. The van der Waals surface area contributed by atoms with Crippen LogP contribution in [0.2, 0.25) is 5.28 Å². The molecule has 1 aromatic heterocycles. The molecule has 33 heavy (non-hydrogen) atoms. The largest absolute Gasteiger partial charge is 0.416 e. The number of amides is 1. The number of aromatic nitrogens is 2. The van der Waals surface area contributed by atoms with Crippen molar-refractivity contribution in [3.63, 3.8) is 0 Å². The minimum absolute atomic E-state index is 0.0204. The maximum absolute atomic E-state index is 13.1. The van der Waals surface area contributed by atoms with Crippen molar-refractivity contribution in [2.45, 2.75) is 51.1 Å². The van der Waals surface area contributed by atoms with Crippen LogP contribution in [0.25, 0.3) is 0 Å². The van der Waals surface area contributed by atoms with Crippen molar-refractivity contribution < 1.29 is 22.7 Å². The summed E-state index contributed by atoms with van der Waals surface area (Å²) in [5.41, 5.74) is 6.67. The highest BCUT2D eigenvalue weighted by Gasteiger charge is 2.35. The number of anilines is 2. The Kier molecular flexibility index (Phi) is 6.67. The molecule has 7 nitrogen and oxygen atoms in total. The minimum Gasteiger partial charge on any atom is -0.399 e. The number of nitrogen functional groups attached to an aromatic ring is 1. The predicted octanol–water partition coefficient (Wildman–Crippen LogP) is 4.04. The molecule has 0 saturated heterocycles. The molecule has 2 aliphatic rings. The predicted molar refractivity (Wildman–Crippen MR) is 117 cm³/mol. The third-order valence-electron chi connectivity index (χ3n) is 6.21. The molecule has 2 heterocycles. The van der Waals surface area contributed by atoms with E-state index in [4.69, 9.17) is 22.1 Å². The average molecular weight is 484 g/mol. The number of hydrogen-bond donors (Lipinski definition) is 2. The molecule has 4 rings (SSSR count). The number of fused-ring (bicyclic) bond motifs is 1. The summed E-state index contributed by atoms with van der Waals surface area (Å²) in [5.74, 6) is 0.403. The Morgan fingerprint density at radius 1 is 1.30 bits per heavy atom. The van der Waals surface area contributed by atoms with E-state index in [0.29, 0.717) is 37.3 Å². The van der Waals surface area contributed by atoms with Crippen LogP contribution in [-0.2, 0) is 35.2 Å². The third kappa shape index (κ3) is 5.33. The number of carbonyl (C=O) groups excluding carboxylic acids is 1. The Labute approximate surface area is 194 Å². The molecule has 1 aromatic carbocycles. The summed E-state index contributed by atoms with van der Waals surface area (Å²) in [6.45, 7) is 0.892. The Balaban J connectivity index is 1.52. The van der Waals surface area contributed by atoms with Gasteiger partial charge in [0.05, 0.1) is 23.9 Å². The summed E-state index contributed by atoms with van der Waals surface area (Å²) < 4.78 is 44.8. The molecule has 3 N–H and O–H groups in total. The fourth-order valence-corrected chi connectivity index (χ4v) is 4.71. The Morgan fingerprint density at radius 2 is 2.09 bits per heavy atom. The first-order valence-corrected chi connectivity index (χ1v) is 11.1. The van der Waals surface area contributed by atoms with E-state index in [9.17, 15) is 18.0 Å². The molecule has 0 bridgehead atoms. The first-order valence-electron chi connectivity index (χ1n) is 10.7. The SMILES string of the molecule is COC1CCC(C(=O)N2CCc3nc(Cl)nc(NCc4cc(N)cc(C(F)(F)F)c4)c3C2)C1. The second-order valence-corrected chi connectivity index (χ2v) is 8.80. The number of halogens is 4. The van der Waals surface area contributed by atoms with Crippen LogP contribution in [-0.4, -0.2) is 40.5 Å². The van der Waals surface area contributed by atoms with Gasteiger partial charge in [-0.1, -0.05) is 0 Å². The molecule has 2 aromatic rings. The van der Waals surface area contributed by atoms with E-state index < -0.39 is 11.7 Å². The number of ether oxygens (including phenoxy) is 1. The van der Waals surface area contributed by atoms with Crippen molar-refractivity contribution in [3.8, 4) is 0 Å². The number of alkyl halides is 3. The van der Waals surface area contributed by atoms with E-state index in [1.165, 1.54) is 6.07 Å². The molecule has 1 aliphatic heterocycles. The number of hydrogen-bond acceptors (Lipinski definition) is 6. The highest BCUT2D eigenvalue weighted by molar-refractivity contribution is 6.28. The molecule has 2 atom stereocenters. The number of carbonyl (C=O) groups is 1. The van der Waals surface area contributed by atoms with Crippen molar-refractivity contribution in [1.82, 2.24) is 14.9 Å². The van der Waals surface area contributed by atoms with Gasteiger partial charge in [-0.05, 0) is 54.6 Å². The zero-order chi connectivity index (χ0) is 23.8. The molecule has 0 spiro atoms. The maximum atomic E-state index is 13.1. The van der Waals surface area contributed by atoms with E-state index in [1.54, 1.807) is 12.0 Å². The topological polar surface area (TPSA) is 93.4 Å². The second kappa shape index (κ2) is 9.34. The van der Waals surface area contributed by atoms with Gasteiger partial charge in [0.25, 0.3) is 0 Å². The minimum atomic E-state index is -4.50. The van der Waals surface area contributed by atoms with Crippen molar-refractivity contribution >= 4 is 29.0 Å². The fraction of sp³-hybridized carbons (Fsp3) is 0.500. The molecule has 1 fully saturated rings. The molecule has 2 unspecified atom stereocenters. The van der Waals surface area contributed by atoms with Crippen molar-refractivity contribution in [1.29, 1.82) is 0 Å². The van der Waals surface area contributed by atoms with Gasteiger partial charge < -0.3 is 20.7 Å². The molecular weight excluding hydrogens is 459 g/mol. The molecule has 11 heteroatoms. The van der Waals surface area contributed by atoms with Gasteiger partial charge in [0.2, 0.25) is 11.2 Å². The van der Waals surface area contributed by atoms with Gasteiger partial charge in [0.15, 0.2) is 0 Å². The number of nitrogens with one attached hydrogen (secondary N) is 1. The lowest BCUT2D eigenvalue weighted by Crippen LogP contribution is -2.40. The van der Waals surface area contributed by atoms with E-state index in [1.807, 2.05) is 0 Å². The number of nitrogens with zero attached hydrogens (tertiary/aromatic N) is 3. The molecule has 1 aliphatic carbocycles. The van der Waals surface area contributed by atoms with Crippen LogP contribution in [0, 0.1) is 5.92 Å². The number of methoxy groups -OCH3 is 1. The number of rotatable bonds is 5. The molecular formula is C22H25ClF3N5O2. The molecule has 0 radical (unpaired) electrons. The maximum Gasteiger partial charge on any atom is 0.416 e. The Hall–Kier alpha value is -2.59. The van der Waals surface area contributed by atoms with Crippen LogP contribution < -0.4 is 11.1 Å². The van der Waals surface area contributed by atoms with Gasteiger partial charge >= 0.3 is 6.18 Å². The third-order valence-corrected chi connectivity index (χ3v) is 6.38. The van der Waals surface area contributed by atoms with E-state index in [-0.39, 0.29) is 35.4 Å². The van der Waals surface area contributed by atoms with Crippen molar-refractivity contribution in [2.75, 3.05) is 24.7 Å². The molecule has 1 saturated carbocycles. The van der Waals surface area contributed by atoms with Crippen LogP contribution in [0.3, 0.4) is 0 Å². The Morgan fingerprint density at radius 3 is 2.79 bits per heavy atom. The van der Waals surface area contributed by atoms with Crippen molar-refractivity contribution in [2.24, 2.45) is 5.92 Å². The quantitative estimate of drug-likeness (QED) is 0.492. The zero-order valence-electron chi connectivity index (χ0n) is 18.1. The van der Waals surface area contributed by atoms with E-state index in [2.05, 4.69) is 15.3 Å². The summed E-state index contributed by atoms with van der Waals surface area (Å²) in [6, 6.07) is 3.41. The van der Waals surface area contributed by atoms with Crippen LogP contribution >= 0.6 is 11.6 Å².